The Morgan fingerprint density at radius 1 is 1.48 bits per heavy atom. The Bertz CT molecular complexity index is 601. The van der Waals surface area contributed by atoms with Crippen LogP contribution in [0.2, 0.25) is 0 Å². The van der Waals surface area contributed by atoms with Crippen LogP contribution in [0.5, 0.6) is 0 Å². The van der Waals surface area contributed by atoms with Gasteiger partial charge in [-0.25, -0.2) is 0 Å². The molecule has 0 spiro atoms. The standard InChI is InChI=1S/C16H27N2O6P/c1-23-12(19)7-10-8-18(9-17-15(10)22)16-14(21)13(20)11(24-16)5-6-25(2,3)4/h8,11,13-14,16,20-21H,2,5-7,9H2,1,3-4H3,(H,17,22)/t11-,13-,14-,16-/m1/s1. The Kier molecular flexibility index (Phi) is 6.32. The van der Waals surface area contributed by atoms with Crippen LogP contribution >= 0.6 is 6.89 Å². The molecule has 0 saturated carbocycles. The molecule has 2 heterocycles. The number of amides is 1. The monoisotopic (exact) mass is 374 g/mol. The summed E-state index contributed by atoms with van der Waals surface area (Å²) in [7, 11) is 1.25. The minimum Gasteiger partial charge on any atom is -0.469 e. The number of carbonyl (C=O) groups excluding carboxylic acids is 2. The van der Waals surface area contributed by atoms with E-state index in [1.807, 2.05) is 0 Å². The van der Waals surface area contributed by atoms with Gasteiger partial charge in [-0.2, -0.15) is 0 Å². The quantitative estimate of drug-likeness (QED) is 0.420. The highest BCUT2D eigenvalue weighted by atomic mass is 31.2. The van der Waals surface area contributed by atoms with E-state index in [0.717, 1.165) is 6.16 Å². The lowest BCUT2D eigenvalue weighted by Crippen LogP contribution is -2.49. The number of aliphatic hydroxyl groups excluding tert-OH is 2. The van der Waals surface area contributed by atoms with Gasteiger partial charge in [0.2, 0.25) is 0 Å². The maximum atomic E-state index is 11.9. The smallest absolute Gasteiger partial charge is 0.310 e. The summed E-state index contributed by atoms with van der Waals surface area (Å²) >= 11 is 0. The molecule has 1 amide bonds. The Labute approximate surface area is 147 Å². The Morgan fingerprint density at radius 3 is 2.76 bits per heavy atom. The topological polar surface area (TPSA) is 108 Å². The van der Waals surface area contributed by atoms with Crippen LogP contribution in [0.4, 0.5) is 0 Å². The van der Waals surface area contributed by atoms with Gasteiger partial charge in [0.15, 0.2) is 6.23 Å². The molecule has 0 aromatic carbocycles. The first-order valence-electron chi connectivity index (χ1n) is 8.13. The molecule has 0 aliphatic carbocycles. The van der Waals surface area contributed by atoms with Crippen LogP contribution in [0.1, 0.15) is 12.8 Å². The minimum atomic E-state index is -1.26. The molecule has 0 radical (unpaired) electrons. The van der Waals surface area contributed by atoms with Gasteiger partial charge in [0.05, 0.1) is 26.3 Å². The summed E-state index contributed by atoms with van der Waals surface area (Å²) in [6, 6.07) is 0. The van der Waals surface area contributed by atoms with Crippen molar-refractivity contribution in [2.75, 3.05) is 33.3 Å². The SMILES string of the molecule is C=P(C)(C)CC[C@H]1O[C@@H](N2C=C(CC(=O)OC)C(=O)NC2)[C@H](O)[C@@H]1O. The van der Waals surface area contributed by atoms with Gasteiger partial charge in [0, 0.05) is 11.8 Å². The number of rotatable bonds is 6. The number of methoxy groups -OCH3 is 1. The average Bonchev–Trinajstić information content (AvgIpc) is 2.82. The summed E-state index contributed by atoms with van der Waals surface area (Å²) < 4.78 is 10.4. The van der Waals surface area contributed by atoms with Crippen molar-refractivity contribution >= 4 is 25.1 Å². The first-order chi connectivity index (χ1) is 11.6. The van der Waals surface area contributed by atoms with E-state index in [4.69, 9.17) is 4.74 Å². The molecule has 1 fully saturated rings. The molecule has 9 heteroatoms. The van der Waals surface area contributed by atoms with Gasteiger partial charge in [-0.15, -0.1) is 13.2 Å². The Balaban J connectivity index is 2.08. The third-order valence-corrected chi connectivity index (χ3v) is 5.75. The normalized spacial score (nSPS) is 30.0. The van der Waals surface area contributed by atoms with Gasteiger partial charge in [0.1, 0.15) is 12.2 Å². The van der Waals surface area contributed by atoms with E-state index < -0.39 is 37.4 Å². The zero-order valence-electron chi connectivity index (χ0n) is 14.8. The average molecular weight is 374 g/mol. The highest BCUT2D eigenvalue weighted by Crippen LogP contribution is 2.38. The van der Waals surface area contributed by atoms with Crippen molar-refractivity contribution in [1.82, 2.24) is 10.2 Å². The van der Waals surface area contributed by atoms with Crippen molar-refractivity contribution < 1.29 is 29.3 Å². The Morgan fingerprint density at radius 2 is 2.16 bits per heavy atom. The second kappa shape index (κ2) is 7.91. The van der Waals surface area contributed by atoms with Crippen molar-refractivity contribution in [3.8, 4) is 0 Å². The summed E-state index contributed by atoms with van der Waals surface area (Å²) in [6.45, 7) is 3.07. The lowest BCUT2D eigenvalue weighted by Gasteiger charge is -2.33. The molecule has 142 valence electrons. The van der Waals surface area contributed by atoms with Crippen molar-refractivity contribution in [1.29, 1.82) is 0 Å². The third kappa shape index (κ3) is 5.07. The van der Waals surface area contributed by atoms with Crippen LogP contribution in [-0.4, -0.2) is 91.1 Å². The molecule has 8 nitrogen and oxygen atoms in total. The van der Waals surface area contributed by atoms with E-state index in [2.05, 4.69) is 29.7 Å². The number of aliphatic hydroxyl groups is 2. The minimum absolute atomic E-state index is 0.124. The predicted molar refractivity (Wildman–Crippen MR) is 95.6 cm³/mol. The van der Waals surface area contributed by atoms with Crippen LogP contribution in [0, 0.1) is 0 Å². The van der Waals surface area contributed by atoms with Crippen molar-refractivity contribution in [3.05, 3.63) is 11.8 Å². The molecule has 3 N–H and O–H groups in total. The number of carbonyl (C=O) groups is 2. The van der Waals surface area contributed by atoms with Crippen molar-refractivity contribution in [2.24, 2.45) is 0 Å². The van der Waals surface area contributed by atoms with E-state index in [-0.39, 0.29) is 24.6 Å². The first kappa shape index (κ1) is 20.0. The molecular formula is C16H27N2O6P. The predicted octanol–water partition coefficient (Wildman–Crippen LogP) is -0.631. The molecule has 25 heavy (non-hydrogen) atoms. The van der Waals surface area contributed by atoms with E-state index in [1.54, 1.807) is 4.90 Å². The van der Waals surface area contributed by atoms with Crippen LogP contribution in [0.25, 0.3) is 0 Å². The van der Waals surface area contributed by atoms with Gasteiger partial charge in [0.25, 0.3) is 5.91 Å². The van der Waals surface area contributed by atoms with Crippen LogP contribution in [0.15, 0.2) is 11.8 Å². The van der Waals surface area contributed by atoms with Gasteiger partial charge >= 0.3 is 5.97 Å². The molecule has 4 atom stereocenters. The second-order valence-electron chi connectivity index (χ2n) is 7.08. The maximum Gasteiger partial charge on any atom is 0.310 e. The van der Waals surface area contributed by atoms with Crippen LogP contribution in [-0.2, 0) is 19.1 Å². The molecule has 0 aromatic rings. The molecule has 0 aromatic heterocycles. The second-order valence-corrected chi connectivity index (χ2v) is 11.4. The molecule has 2 aliphatic rings. The van der Waals surface area contributed by atoms with Crippen LogP contribution < -0.4 is 5.32 Å². The third-order valence-electron chi connectivity index (χ3n) is 4.28. The largest absolute Gasteiger partial charge is 0.469 e. The highest BCUT2D eigenvalue weighted by Gasteiger charge is 2.45. The number of hydrogen-bond donors (Lipinski definition) is 3. The van der Waals surface area contributed by atoms with Gasteiger partial charge in [-0.1, -0.05) is 0 Å². The van der Waals surface area contributed by atoms with Crippen LogP contribution in [0.3, 0.4) is 0 Å². The summed E-state index contributed by atoms with van der Waals surface area (Å²) in [5.74, 6) is -0.898. The van der Waals surface area contributed by atoms with Crippen molar-refractivity contribution in [2.45, 2.75) is 37.4 Å². The summed E-state index contributed by atoms with van der Waals surface area (Å²) in [6.07, 6.45) is 3.50. The molecular weight excluding hydrogens is 347 g/mol. The zero-order chi connectivity index (χ0) is 18.8. The molecule has 2 aliphatic heterocycles. The number of nitrogens with zero attached hydrogens (tertiary/aromatic N) is 1. The van der Waals surface area contributed by atoms with Gasteiger partial charge in [-0.05, 0) is 25.9 Å². The van der Waals surface area contributed by atoms with Crippen molar-refractivity contribution in [3.63, 3.8) is 0 Å². The zero-order valence-corrected chi connectivity index (χ0v) is 15.7. The molecule has 0 bridgehead atoms. The summed E-state index contributed by atoms with van der Waals surface area (Å²) in [5, 5.41) is 23.2. The van der Waals surface area contributed by atoms with E-state index in [0.29, 0.717) is 6.42 Å². The fourth-order valence-electron chi connectivity index (χ4n) is 2.82. The van der Waals surface area contributed by atoms with Gasteiger partial charge < -0.3 is 29.9 Å². The number of hydrogen-bond acceptors (Lipinski definition) is 7. The van der Waals surface area contributed by atoms with Gasteiger partial charge in [-0.3, -0.25) is 9.59 Å². The summed E-state index contributed by atoms with van der Waals surface area (Å²) in [5.41, 5.74) is 0.219. The molecule has 0 unspecified atom stereocenters. The fraction of sp³-hybridized carbons (Fsp3) is 0.688. The maximum absolute atomic E-state index is 11.9. The van der Waals surface area contributed by atoms with E-state index in [1.165, 1.54) is 13.3 Å². The lowest BCUT2D eigenvalue weighted by molar-refractivity contribution is -0.141. The Hall–Kier alpha value is -1.34. The number of ether oxygens (including phenoxy) is 2. The number of nitrogens with one attached hydrogen (secondary N) is 1. The van der Waals surface area contributed by atoms with E-state index in [9.17, 15) is 19.8 Å². The molecule has 1 saturated heterocycles. The molecule has 2 rings (SSSR count). The fourth-order valence-corrected chi connectivity index (χ4v) is 3.77. The summed E-state index contributed by atoms with van der Waals surface area (Å²) in [4.78, 5) is 24.9. The first-order valence-corrected chi connectivity index (χ1v) is 11.2. The highest BCUT2D eigenvalue weighted by molar-refractivity contribution is 7.72. The number of esters is 1. The van der Waals surface area contributed by atoms with E-state index >= 15 is 0 Å². The lowest BCUT2D eigenvalue weighted by atomic mass is 10.1.